The first kappa shape index (κ1) is 42.6. The third-order valence-electron chi connectivity index (χ3n) is 16.3. The molecule has 0 saturated heterocycles. The summed E-state index contributed by atoms with van der Waals surface area (Å²) in [6, 6.07) is 58.9. The van der Waals surface area contributed by atoms with Crippen LogP contribution < -0.4 is 31.1 Å². The molecule has 2 atom stereocenters. The fourth-order valence-electron chi connectivity index (χ4n) is 12.3. The maximum Gasteiger partial charge on any atom is 0.252 e. The minimum absolute atomic E-state index is 0.00590. The van der Waals surface area contributed by atoms with Gasteiger partial charge in [0.2, 0.25) is 0 Å². The van der Waals surface area contributed by atoms with Gasteiger partial charge in [-0.1, -0.05) is 173 Å². The van der Waals surface area contributed by atoms with Crippen molar-refractivity contribution < 1.29 is 0 Å². The van der Waals surface area contributed by atoms with Crippen LogP contribution in [-0.4, -0.2) is 12.3 Å². The van der Waals surface area contributed by atoms with Gasteiger partial charge in [-0.15, -0.1) is 0 Å². The molecule has 3 heterocycles. The summed E-state index contributed by atoms with van der Waals surface area (Å²) in [5.41, 5.74) is 22.0. The van der Waals surface area contributed by atoms with Crippen LogP contribution in [0.4, 0.5) is 45.5 Å². The van der Waals surface area contributed by atoms with Crippen LogP contribution in [0.25, 0.3) is 11.1 Å². The Morgan fingerprint density at radius 2 is 1.02 bits per heavy atom. The Morgan fingerprint density at radius 3 is 1.71 bits per heavy atom. The van der Waals surface area contributed by atoms with E-state index in [1.807, 2.05) is 0 Å². The Morgan fingerprint density at radius 1 is 0.439 bits per heavy atom. The number of rotatable bonds is 4. The van der Waals surface area contributed by atoms with E-state index in [0.717, 1.165) is 0 Å². The Labute approximate surface area is 395 Å². The maximum absolute atomic E-state index is 2.75. The molecule has 3 aliphatic heterocycles. The minimum atomic E-state index is -0.120. The number of nitrogens with zero attached hydrogens (tertiary/aromatic N) is 3. The first-order valence-corrected chi connectivity index (χ1v) is 24.6. The van der Waals surface area contributed by atoms with Crippen molar-refractivity contribution >= 4 is 68.6 Å². The summed E-state index contributed by atoms with van der Waals surface area (Å²) in [6.45, 7) is 26.2. The molecule has 0 radical (unpaired) electrons. The third kappa shape index (κ3) is 6.37. The van der Waals surface area contributed by atoms with Crippen molar-refractivity contribution in [1.29, 1.82) is 0 Å². The number of anilines is 8. The Balaban J connectivity index is 1.21. The summed E-state index contributed by atoms with van der Waals surface area (Å²) in [5, 5.41) is 0. The van der Waals surface area contributed by atoms with Crippen LogP contribution in [0.2, 0.25) is 0 Å². The second kappa shape index (κ2) is 14.8. The molecule has 0 aromatic heterocycles. The first-order valence-electron chi connectivity index (χ1n) is 24.6. The highest BCUT2D eigenvalue weighted by atomic mass is 15.3. The summed E-state index contributed by atoms with van der Waals surface area (Å²) in [7, 11) is 0. The average molecular weight is 864 g/mol. The van der Waals surface area contributed by atoms with E-state index in [1.165, 1.54) is 121 Å². The van der Waals surface area contributed by atoms with Gasteiger partial charge in [-0.25, -0.2) is 0 Å². The number of hydrogen-bond donors (Lipinski definition) is 0. The average Bonchev–Trinajstić information content (AvgIpc) is 3.51. The number of hydrogen-bond acceptors (Lipinski definition) is 3. The SMILES string of the molecule is CC(C)(C)c1ccc(N2c3cc(N4c5ccccc5C5(C)CCCCC45C)ccc3B3c4ccccc4N(c4ccc(C(C)(C)C)cc4-c4ccccc4)c4cc(C(C)(C)C)cc2c43)cc1. The van der Waals surface area contributed by atoms with Gasteiger partial charge in [0.1, 0.15) is 0 Å². The van der Waals surface area contributed by atoms with Crippen LogP contribution in [0.1, 0.15) is 124 Å². The lowest BCUT2D eigenvalue weighted by Crippen LogP contribution is -2.61. The van der Waals surface area contributed by atoms with Crippen molar-refractivity contribution in [2.24, 2.45) is 0 Å². The zero-order valence-corrected chi connectivity index (χ0v) is 41.2. The fraction of sp³-hybridized carbons (Fsp3) is 0.323. The molecule has 7 aromatic carbocycles. The highest BCUT2D eigenvalue weighted by molar-refractivity contribution is 7.00. The van der Waals surface area contributed by atoms with Crippen molar-refractivity contribution in [1.82, 2.24) is 0 Å². The molecular weight excluding hydrogens is 798 g/mol. The van der Waals surface area contributed by atoms with E-state index in [0.29, 0.717) is 0 Å². The van der Waals surface area contributed by atoms with Gasteiger partial charge in [-0.3, -0.25) is 0 Å². The Kier molecular flexibility index (Phi) is 9.53. The molecule has 0 spiro atoms. The molecule has 1 saturated carbocycles. The number of para-hydroxylation sites is 2. The third-order valence-corrected chi connectivity index (χ3v) is 16.3. The Hall–Kier alpha value is -6.00. The molecule has 0 bridgehead atoms. The molecule has 11 rings (SSSR count). The van der Waals surface area contributed by atoms with Crippen molar-refractivity contribution in [3.05, 3.63) is 174 Å². The molecule has 7 aromatic rings. The molecule has 4 aliphatic rings. The highest BCUT2D eigenvalue weighted by Crippen LogP contribution is 2.61. The molecule has 2 unspecified atom stereocenters. The van der Waals surface area contributed by atoms with E-state index in [1.54, 1.807) is 0 Å². The predicted molar refractivity (Wildman–Crippen MR) is 285 cm³/mol. The normalized spacial score (nSPS) is 19.8. The molecule has 332 valence electrons. The molecular formula is C62H66BN3. The lowest BCUT2D eigenvalue weighted by Gasteiger charge is -2.50. The summed E-state index contributed by atoms with van der Waals surface area (Å²) in [5.74, 6) is 0. The number of benzene rings is 7. The highest BCUT2D eigenvalue weighted by Gasteiger charge is 2.58. The molecule has 0 amide bonds. The summed E-state index contributed by atoms with van der Waals surface area (Å²) in [6.07, 6.45) is 4.90. The van der Waals surface area contributed by atoms with Crippen LogP contribution in [-0.2, 0) is 21.7 Å². The summed E-state index contributed by atoms with van der Waals surface area (Å²) in [4.78, 5) is 7.99. The summed E-state index contributed by atoms with van der Waals surface area (Å²) >= 11 is 0. The van der Waals surface area contributed by atoms with Gasteiger partial charge < -0.3 is 14.7 Å². The van der Waals surface area contributed by atoms with Crippen LogP contribution in [0.3, 0.4) is 0 Å². The zero-order valence-electron chi connectivity index (χ0n) is 41.2. The molecule has 0 N–H and O–H groups in total. The zero-order chi connectivity index (χ0) is 46.1. The summed E-state index contributed by atoms with van der Waals surface area (Å²) < 4.78 is 0. The Bertz CT molecular complexity index is 3040. The predicted octanol–water partition coefficient (Wildman–Crippen LogP) is 15.1. The lowest BCUT2D eigenvalue weighted by atomic mass is 9.33. The van der Waals surface area contributed by atoms with Crippen molar-refractivity contribution in [2.75, 3.05) is 14.7 Å². The van der Waals surface area contributed by atoms with Crippen LogP contribution in [0.5, 0.6) is 0 Å². The van der Waals surface area contributed by atoms with Gasteiger partial charge in [0, 0.05) is 50.8 Å². The molecule has 1 aliphatic carbocycles. The van der Waals surface area contributed by atoms with Crippen LogP contribution in [0, 0.1) is 0 Å². The largest absolute Gasteiger partial charge is 0.334 e. The molecule has 4 heteroatoms. The van der Waals surface area contributed by atoms with Crippen molar-refractivity contribution in [3.63, 3.8) is 0 Å². The maximum atomic E-state index is 2.75. The second-order valence-corrected chi connectivity index (χ2v) is 23.4. The quantitative estimate of drug-likeness (QED) is 0.163. The van der Waals surface area contributed by atoms with E-state index in [2.05, 4.69) is 243 Å². The fourth-order valence-corrected chi connectivity index (χ4v) is 12.3. The number of fused-ring (bicyclic) bond motifs is 7. The van der Waals surface area contributed by atoms with Crippen molar-refractivity contribution in [2.45, 2.75) is 129 Å². The van der Waals surface area contributed by atoms with E-state index >= 15 is 0 Å². The van der Waals surface area contributed by atoms with Crippen LogP contribution >= 0.6 is 0 Å². The van der Waals surface area contributed by atoms with Gasteiger partial charge >= 0.3 is 0 Å². The molecule has 3 nitrogen and oxygen atoms in total. The van der Waals surface area contributed by atoms with Gasteiger partial charge in [0.05, 0.1) is 11.2 Å². The van der Waals surface area contributed by atoms with Crippen molar-refractivity contribution in [3.8, 4) is 11.1 Å². The van der Waals surface area contributed by atoms with E-state index < -0.39 is 0 Å². The van der Waals surface area contributed by atoms with Crippen LogP contribution in [0.15, 0.2) is 152 Å². The monoisotopic (exact) mass is 864 g/mol. The van der Waals surface area contributed by atoms with Gasteiger partial charge in [0.25, 0.3) is 6.71 Å². The first-order chi connectivity index (χ1) is 31.4. The van der Waals surface area contributed by atoms with Gasteiger partial charge in [-0.05, 0) is 141 Å². The smallest absolute Gasteiger partial charge is 0.252 e. The minimum Gasteiger partial charge on any atom is -0.334 e. The van der Waals surface area contributed by atoms with Gasteiger partial charge in [0.15, 0.2) is 0 Å². The van der Waals surface area contributed by atoms with Gasteiger partial charge in [-0.2, -0.15) is 0 Å². The van der Waals surface area contributed by atoms with E-state index in [4.69, 9.17) is 0 Å². The second-order valence-electron chi connectivity index (χ2n) is 23.4. The molecule has 66 heavy (non-hydrogen) atoms. The lowest BCUT2D eigenvalue weighted by molar-refractivity contribution is 0.195. The van der Waals surface area contributed by atoms with E-state index in [9.17, 15) is 0 Å². The molecule has 1 fully saturated rings. The standard InChI is InChI=1S/C62H66BN3/c1-58(2,3)42-27-30-45(31-28-42)64-54-40-46(66-52-25-17-15-23-48(52)61(10)35-19-20-36-62(61,66)11)32-33-50(54)63-49-24-16-18-26-53(49)65(56-39-44(60(7,8)9)38-55(64)57(56)63)51-34-29-43(59(4,5)6)37-47(51)41-21-13-12-14-22-41/h12-18,21-34,37-40H,19-20,35-36H2,1-11H3. The van der Waals surface area contributed by atoms with E-state index in [-0.39, 0.29) is 33.9 Å². The topological polar surface area (TPSA) is 9.72 Å².